The van der Waals surface area contributed by atoms with Gasteiger partial charge in [-0.1, -0.05) is 12.1 Å². The predicted molar refractivity (Wildman–Crippen MR) is 84.4 cm³/mol. The molecular formula is C14H23N3O3S. The summed E-state index contributed by atoms with van der Waals surface area (Å²) >= 11 is 0. The third-order valence-electron chi connectivity index (χ3n) is 2.92. The summed E-state index contributed by atoms with van der Waals surface area (Å²) in [5, 5.41) is 6.27. The number of hydrogen-bond donors (Lipinski definition) is 2. The molecule has 0 unspecified atom stereocenters. The van der Waals surface area contributed by atoms with Crippen LogP contribution in [0.25, 0.3) is 0 Å². The number of nitrogens with one attached hydrogen (secondary N) is 2. The van der Waals surface area contributed by atoms with Crippen LogP contribution in [0.15, 0.2) is 28.1 Å². The number of ether oxygens (including phenoxy) is 1. The van der Waals surface area contributed by atoms with E-state index in [4.69, 9.17) is 4.74 Å². The van der Waals surface area contributed by atoms with E-state index in [1.165, 1.54) is 6.26 Å². The molecule has 118 valence electrons. The Kier molecular flexibility index (Phi) is 6.64. The summed E-state index contributed by atoms with van der Waals surface area (Å²) in [5.74, 6) is 0.678. The van der Waals surface area contributed by atoms with Crippen molar-refractivity contribution in [2.45, 2.75) is 18.4 Å². The highest BCUT2D eigenvalue weighted by Crippen LogP contribution is 2.16. The number of aliphatic imine (C=N–C) groups is 1. The first-order chi connectivity index (χ1) is 9.88. The summed E-state index contributed by atoms with van der Waals surface area (Å²) in [5.41, 5.74) is 1.74. The van der Waals surface area contributed by atoms with Gasteiger partial charge in [0.15, 0.2) is 15.8 Å². The molecule has 0 aliphatic rings. The van der Waals surface area contributed by atoms with Crippen LogP contribution in [0.3, 0.4) is 0 Å². The first kappa shape index (κ1) is 17.5. The molecule has 0 aliphatic heterocycles. The summed E-state index contributed by atoms with van der Waals surface area (Å²) in [4.78, 5) is 4.47. The lowest BCUT2D eigenvalue weighted by Crippen LogP contribution is -2.38. The first-order valence-corrected chi connectivity index (χ1v) is 8.50. The minimum Gasteiger partial charge on any atom is -0.383 e. The maximum Gasteiger partial charge on any atom is 0.191 e. The van der Waals surface area contributed by atoms with Crippen LogP contribution in [0, 0.1) is 6.92 Å². The average molecular weight is 313 g/mol. The van der Waals surface area contributed by atoms with Gasteiger partial charge in [0.2, 0.25) is 0 Å². The molecule has 21 heavy (non-hydrogen) atoms. The quantitative estimate of drug-likeness (QED) is 0.459. The minimum atomic E-state index is -3.17. The molecule has 1 aromatic carbocycles. The van der Waals surface area contributed by atoms with Crippen molar-refractivity contribution in [2.24, 2.45) is 4.99 Å². The topological polar surface area (TPSA) is 79.8 Å². The monoisotopic (exact) mass is 313 g/mol. The van der Waals surface area contributed by atoms with E-state index in [0.29, 0.717) is 30.6 Å². The fourth-order valence-electron chi connectivity index (χ4n) is 1.92. The molecule has 0 spiro atoms. The standard InChI is InChI=1S/C14H23N3O3S/c1-11-9-12(5-6-13(11)21(4,18)19)10-17-14(15-2)16-7-8-20-3/h5-6,9H,7-8,10H2,1-4H3,(H2,15,16,17). The van der Waals surface area contributed by atoms with Crippen LogP contribution in [0.1, 0.15) is 11.1 Å². The smallest absolute Gasteiger partial charge is 0.191 e. The van der Waals surface area contributed by atoms with Crippen molar-refractivity contribution in [3.05, 3.63) is 29.3 Å². The van der Waals surface area contributed by atoms with Crippen molar-refractivity contribution in [1.82, 2.24) is 10.6 Å². The number of guanidine groups is 1. The van der Waals surface area contributed by atoms with E-state index in [2.05, 4.69) is 15.6 Å². The molecule has 0 bridgehead atoms. The summed E-state index contributed by atoms with van der Waals surface area (Å²) in [6.45, 7) is 3.63. The van der Waals surface area contributed by atoms with E-state index in [9.17, 15) is 8.42 Å². The number of benzene rings is 1. The number of methoxy groups -OCH3 is 1. The highest BCUT2D eigenvalue weighted by molar-refractivity contribution is 7.90. The molecule has 0 aromatic heterocycles. The second-order valence-corrected chi connectivity index (χ2v) is 6.70. The molecule has 1 rings (SSSR count). The van der Waals surface area contributed by atoms with Gasteiger partial charge in [-0.15, -0.1) is 0 Å². The van der Waals surface area contributed by atoms with E-state index in [1.807, 2.05) is 6.07 Å². The molecule has 0 amide bonds. The SMILES string of the molecule is CN=C(NCCOC)NCc1ccc(S(C)(=O)=O)c(C)c1. The number of nitrogens with zero attached hydrogens (tertiary/aromatic N) is 1. The highest BCUT2D eigenvalue weighted by atomic mass is 32.2. The van der Waals surface area contributed by atoms with Crippen molar-refractivity contribution < 1.29 is 13.2 Å². The van der Waals surface area contributed by atoms with Crippen LogP contribution < -0.4 is 10.6 Å². The zero-order valence-electron chi connectivity index (χ0n) is 12.9. The second kappa shape index (κ2) is 7.99. The second-order valence-electron chi connectivity index (χ2n) is 4.72. The summed E-state index contributed by atoms with van der Waals surface area (Å²) < 4.78 is 28.1. The van der Waals surface area contributed by atoms with E-state index in [0.717, 1.165) is 11.1 Å². The van der Waals surface area contributed by atoms with Crippen LogP contribution in [0.5, 0.6) is 0 Å². The van der Waals surface area contributed by atoms with Crippen molar-refractivity contribution >= 4 is 15.8 Å². The highest BCUT2D eigenvalue weighted by Gasteiger charge is 2.10. The van der Waals surface area contributed by atoms with E-state index in [1.54, 1.807) is 33.2 Å². The summed E-state index contributed by atoms with van der Waals surface area (Å²) in [6, 6.07) is 5.31. The Hall–Kier alpha value is -1.60. The summed E-state index contributed by atoms with van der Waals surface area (Å²) in [6.07, 6.45) is 1.22. The maximum absolute atomic E-state index is 11.6. The predicted octanol–water partition coefficient (Wildman–Crippen LogP) is 0.710. The van der Waals surface area contributed by atoms with Crippen molar-refractivity contribution in [3.8, 4) is 0 Å². The lowest BCUT2D eigenvalue weighted by Gasteiger charge is -2.12. The molecule has 0 atom stereocenters. The maximum atomic E-state index is 11.6. The van der Waals surface area contributed by atoms with Gasteiger partial charge >= 0.3 is 0 Å². The zero-order chi connectivity index (χ0) is 15.9. The van der Waals surface area contributed by atoms with Gasteiger partial charge in [-0.3, -0.25) is 4.99 Å². The van der Waals surface area contributed by atoms with Gasteiger partial charge in [-0.05, 0) is 24.1 Å². The minimum absolute atomic E-state index is 0.369. The van der Waals surface area contributed by atoms with Gasteiger partial charge in [0.25, 0.3) is 0 Å². The number of hydrogen-bond acceptors (Lipinski definition) is 4. The van der Waals surface area contributed by atoms with Crippen LogP contribution in [0.4, 0.5) is 0 Å². The molecule has 0 saturated carbocycles. The number of aryl methyl sites for hydroxylation is 1. The number of sulfone groups is 1. The van der Waals surface area contributed by atoms with Crippen LogP contribution in [-0.2, 0) is 21.1 Å². The number of rotatable bonds is 6. The molecule has 6 nitrogen and oxygen atoms in total. The fraction of sp³-hybridized carbons (Fsp3) is 0.500. The molecule has 7 heteroatoms. The third kappa shape index (κ3) is 5.73. The average Bonchev–Trinajstić information content (AvgIpc) is 2.41. The van der Waals surface area contributed by atoms with Gasteiger partial charge in [0, 0.05) is 33.5 Å². The fourth-order valence-corrected chi connectivity index (χ4v) is 2.87. The van der Waals surface area contributed by atoms with Crippen molar-refractivity contribution in [2.75, 3.05) is 33.6 Å². The van der Waals surface area contributed by atoms with Gasteiger partial charge < -0.3 is 15.4 Å². The molecule has 0 heterocycles. The van der Waals surface area contributed by atoms with Gasteiger partial charge in [0.1, 0.15) is 0 Å². The van der Waals surface area contributed by atoms with Crippen LogP contribution in [0.2, 0.25) is 0 Å². The van der Waals surface area contributed by atoms with Gasteiger partial charge in [-0.2, -0.15) is 0 Å². The van der Waals surface area contributed by atoms with E-state index >= 15 is 0 Å². The molecular weight excluding hydrogens is 290 g/mol. The van der Waals surface area contributed by atoms with E-state index < -0.39 is 9.84 Å². The molecule has 0 radical (unpaired) electrons. The molecule has 2 N–H and O–H groups in total. The Morgan fingerprint density at radius 3 is 2.57 bits per heavy atom. The van der Waals surface area contributed by atoms with Crippen LogP contribution in [-0.4, -0.2) is 47.9 Å². The lowest BCUT2D eigenvalue weighted by molar-refractivity contribution is 0.203. The zero-order valence-corrected chi connectivity index (χ0v) is 13.8. The summed E-state index contributed by atoms with van der Waals surface area (Å²) in [7, 11) is 0.166. The van der Waals surface area contributed by atoms with Gasteiger partial charge in [-0.25, -0.2) is 8.42 Å². The molecule has 0 fully saturated rings. The largest absolute Gasteiger partial charge is 0.383 e. The van der Waals surface area contributed by atoms with Gasteiger partial charge in [0.05, 0.1) is 11.5 Å². The Bertz CT molecular complexity index is 597. The van der Waals surface area contributed by atoms with Crippen molar-refractivity contribution in [1.29, 1.82) is 0 Å². The Morgan fingerprint density at radius 2 is 2.05 bits per heavy atom. The first-order valence-electron chi connectivity index (χ1n) is 6.61. The molecule has 1 aromatic rings. The van der Waals surface area contributed by atoms with Crippen LogP contribution >= 0.6 is 0 Å². The van der Waals surface area contributed by atoms with Crippen molar-refractivity contribution in [3.63, 3.8) is 0 Å². The lowest BCUT2D eigenvalue weighted by atomic mass is 10.1. The van der Waals surface area contributed by atoms with E-state index in [-0.39, 0.29) is 0 Å². The normalized spacial score (nSPS) is 12.3. The molecule has 0 saturated heterocycles. The Labute approximate surface area is 126 Å². The Morgan fingerprint density at radius 1 is 1.33 bits per heavy atom. The Balaban J connectivity index is 2.66. The molecule has 0 aliphatic carbocycles. The third-order valence-corrected chi connectivity index (χ3v) is 4.18.